The van der Waals surface area contributed by atoms with Gasteiger partial charge in [0.2, 0.25) is 0 Å². The van der Waals surface area contributed by atoms with Crippen LogP contribution in [-0.2, 0) is 13.6 Å². The third-order valence-electron chi connectivity index (χ3n) is 4.08. The molecule has 0 saturated carbocycles. The molecule has 0 atom stereocenters. The second-order valence-electron chi connectivity index (χ2n) is 6.52. The number of nitrogens with zero attached hydrogens (tertiary/aromatic N) is 5. The lowest BCUT2D eigenvalue weighted by Crippen LogP contribution is -2.06. The minimum absolute atomic E-state index is 0.434. The molecule has 0 aliphatic carbocycles. The van der Waals surface area contributed by atoms with Crippen LogP contribution in [0.5, 0.6) is 0 Å². The maximum absolute atomic E-state index is 9.68. The first-order chi connectivity index (χ1) is 11.9. The molecule has 1 aromatic carbocycles. The number of allylic oxidation sites excluding steroid dienone is 1. The Morgan fingerprint density at radius 3 is 2.72 bits per heavy atom. The molecule has 25 heavy (non-hydrogen) atoms. The fraction of sp³-hybridized carbons (Fsp3) is 0.316. The van der Waals surface area contributed by atoms with Crippen molar-refractivity contribution in [2.24, 2.45) is 13.0 Å². The quantitative estimate of drug-likeness (QED) is 0.651. The first kappa shape index (κ1) is 17.2. The third-order valence-corrected chi connectivity index (χ3v) is 4.48. The Bertz CT molecular complexity index is 1000. The number of aromatic nitrogens is 4. The van der Waals surface area contributed by atoms with E-state index in [1.165, 1.54) is 0 Å². The van der Waals surface area contributed by atoms with Crippen molar-refractivity contribution < 1.29 is 0 Å². The summed E-state index contributed by atoms with van der Waals surface area (Å²) in [5, 5.41) is 14.7. The van der Waals surface area contributed by atoms with E-state index < -0.39 is 0 Å². The highest BCUT2D eigenvalue weighted by Crippen LogP contribution is 2.27. The highest BCUT2D eigenvalue weighted by molar-refractivity contribution is 6.31. The third kappa shape index (κ3) is 3.18. The minimum Gasteiger partial charge on any atom is -0.327 e. The summed E-state index contributed by atoms with van der Waals surface area (Å²) in [5.41, 5.74) is 3.88. The highest BCUT2D eigenvalue weighted by atomic mass is 35.5. The molecule has 0 unspecified atom stereocenters. The van der Waals surface area contributed by atoms with Crippen molar-refractivity contribution in [3.63, 3.8) is 0 Å². The van der Waals surface area contributed by atoms with Gasteiger partial charge in [-0.25, -0.2) is 4.98 Å². The van der Waals surface area contributed by atoms with Crippen molar-refractivity contribution in [2.75, 3.05) is 0 Å². The van der Waals surface area contributed by atoms with E-state index in [-0.39, 0.29) is 0 Å². The van der Waals surface area contributed by atoms with Crippen LogP contribution in [0.4, 0.5) is 0 Å². The average molecular weight is 354 g/mol. The fourth-order valence-corrected chi connectivity index (χ4v) is 3.17. The number of benzene rings is 1. The Balaban J connectivity index is 2.11. The van der Waals surface area contributed by atoms with Crippen LogP contribution in [0.15, 0.2) is 24.3 Å². The molecule has 0 N–H and O–H groups in total. The molecule has 3 rings (SSSR count). The number of halogens is 1. The number of aryl methyl sites for hydroxylation is 2. The van der Waals surface area contributed by atoms with E-state index in [1.807, 2.05) is 42.8 Å². The standard InChI is InChI=1S/C19H20ClN5/c1-12(2)11-25-18(20)15(13(3)23-25)9-14(10-21)19-22-16-7-5-6-8-17(16)24(19)4/h5-9,12H,11H2,1-4H3/b14-9+. The maximum Gasteiger partial charge on any atom is 0.151 e. The van der Waals surface area contributed by atoms with E-state index >= 15 is 0 Å². The molecule has 6 heteroatoms. The van der Waals surface area contributed by atoms with Crippen molar-refractivity contribution in [1.29, 1.82) is 5.26 Å². The van der Waals surface area contributed by atoms with Crippen LogP contribution in [0, 0.1) is 24.2 Å². The zero-order chi connectivity index (χ0) is 18.1. The number of hydrogen-bond acceptors (Lipinski definition) is 3. The summed E-state index contributed by atoms with van der Waals surface area (Å²) in [4.78, 5) is 4.60. The smallest absolute Gasteiger partial charge is 0.151 e. The lowest BCUT2D eigenvalue weighted by molar-refractivity contribution is 0.482. The Morgan fingerprint density at radius 2 is 2.08 bits per heavy atom. The SMILES string of the molecule is Cc1nn(CC(C)C)c(Cl)c1/C=C(\C#N)c1nc2ccccc2n1C. The van der Waals surface area contributed by atoms with Crippen molar-refractivity contribution in [1.82, 2.24) is 19.3 Å². The summed E-state index contributed by atoms with van der Waals surface area (Å²) in [6.45, 7) is 6.87. The minimum atomic E-state index is 0.434. The van der Waals surface area contributed by atoms with Crippen LogP contribution in [-0.4, -0.2) is 19.3 Å². The second kappa shape index (κ2) is 6.73. The van der Waals surface area contributed by atoms with Gasteiger partial charge in [-0.05, 0) is 31.1 Å². The molecule has 0 bridgehead atoms. The lowest BCUT2D eigenvalue weighted by Gasteiger charge is -2.05. The molecule has 5 nitrogen and oxygen atoms in total. The molecule has 2 aromatic heterocycles. The molecule has 0 radical (unpaired) electrons. The maximum atomic E-state index is 9.68. The Kier molecular flexibility index (Phi) is 4.65. The molecule has 0 fully saturated rings. The molecular formula is C19H20ClN5. The zero-order valence-corrected chi connectivity index (χ0v) is 15.5. The van der Waals surface area contributed by atoms with E-state index in [4.69, 9.17) is 11.6 Å². The van der Waals surface area contributed by atoms with Gasteiger partial charge in [-0.3, -0.25) is 4.68 Å². The monoisotopic (exact) mass is 353 g/mol. The lowest BCUT2D eigenvalue weighted by atomic mass is 10.1. The Labute approximate surface area is 152 Å². The van der Waals surface area contributed by atoms with Gasteiger partial charge in [-0.1, -0.05) is 37.6 Å². The molecule has 0 spiro atoms. The van der Waals surface area contributed by atoms with Gasteiger partial charge < -0.3 is 4.57 Å². The van der Waals surface area contributed by atoms with E-state index in [9.17, 15) is 5.26 Å². The van der Waals surface area contributed by atoms with E-state index in [2.05, 4.69) is 30.0 Å². The van der Waals surface area contributed by atoms with Gasteiger partial charge in [-0.15, -0.1) is 0 Å². The second-order valence-corrected chi connectivity index (χ2v) is 6.88. The van der Waals surface area contributed by atoms with Crippen LogP contribution >= 0.6 is 11.6 Å². The van der Waals surface area contributed by atoms with Crippen LogP contribution in [0.3, 0.4) is 0 Å². The van der Waals surface area contributed by atoms with Gasteiger partial charge in [0.25, 0.3) is 0 Å². The van der Waals surface area contributed by atoms with Crippen molar-refractivity contribution in [3.8, 4) is 6.07 Å². The Morgan fingerprint density at radius 1 is 1.36 bits per heavy atom. The van der Waals surface area contributed by atoms with Crippen LogP contribution in [0.1, 0.15) is 30.9 Å². The molecule has 128 valence electrons. The Hall–Kier alpha value is -2.58. The molecule has 3 aromatic rings. The molecule has 0 aliphatic heterocycles. The molecule has 0 saturated heterocycles. The van der Waals surface area contributed by atoms with Gasteiger partial charge in [0.05, 0.1) is 22.3 Å². The van der Waals surface area contributed by atoms with Gasteiger partial charge >= 0.3 is 0 Å². The van der Waals surface area contributed by atoms with E-state index in [0.29, 0.717) is 22.5 Å². The van der Waals surface area contributed by atoms with Crippen LogP contribution in [0.25, 0.3) is 22.7 Å². The highest BCUT2D eigenvalue weighted by Gasteiger charge is 2.16. The normalized spacial score (nSPS) is 12.1. The molecule has 2 heterocycles. The number of para-hydroxylation sites is 2. The number of nitriles is 1. The topological polar surface area (TPSA) is 59.4 Å². The number of fused-ring (bicyclic) bond motifs is 1. The molecular weight excluding hydrogens is 334 g/mol. The summed E-state index contributed by atoms with van der Waals surface area (Å²) in [5.74, 6) is 1.06. The summed E-state index contributed by atoms with van der Waals surface area (Å²) in [7, 11) is 1.91. The number of hydrogen-bond donors (Lipinski definition) is 0. The molecule has 0 aliphatic rings. The van der Waals surface area contributed by atoms with Crippen molar-refractivity contribution in [2.45, 2.75) is 27.3 Å². The fourth-order valence-electron chi connectivity index (χ4n) is 2.88. The van der Waals surface area contributed by atoms with Crippen molar-refractivity contribution in [3.05, 3.63) is 46.5 Å². The van der Waals surface area contributed by atoms with E-state index in [1.54, 1.807) is 10.8 Å². The molecule has 0 amide bonds. The largest absolute Gasteiger partial charge is 0.327 e. The predicted octanol–water partition coefficient (Wildman–Crippen LogP) is 4.45. The van der Waals surface area contributed by atoms with Gasteiger partial charge in [-0.2, -0.15) is 10.4 Å². The zero-order valence-electron chi connectivity index (χ0n) is 14.8. The van der Waals surface area contributed by atoms with E-state index in [0.717, 1.165) is 28.8 Å². The summed E-state index contributed by atoms with van der Waals surface area (Å²) >= 11 is 6.50. The first-order valence-corrected chi connectivity index (χ1v) is 8.56. The van der Waals surface area contributed by atoms with Gasteiger partial charge in [0.15, 0.2) is 5.82 Å². The van der Waals surface area contributed by atoms with Crippen LogP contribution < -0.4 is 0 Å². The van der Waals surface area contributed by atoms with Crippen LogP contribution in [0.2, 0.25) is 5.15 Å². The predicted molar refractivity (Wildman–Crippen MR) is 101 cm³/mol. The summed E-state index contributed by atoms with van der Waals surface area (Å²) < 4.78 is 3.71. The number of rotatable bonds is 4. The number of imidazole rings is 1. The van der Waals surface area contributed by atoms with Gasteiger partial charge in [0.1, 0.15) is 11.2 Å². The van der Waals surface area contributed by atoms with Gasteiger partial charge in [0, 0.05) is 19.2 Å². The van der Waals surface area contributed by atoms with Crippen molar-refractivity contribution >= 4 is 34.3 Å². The average Bonchev–Trinajstić information content (AvgIpc) is 3.03. The first-order valence-electron chi connectivity index (χ1n) is 8.19. The summed E-state index contributed by atoms with van der Waals surface area (Å²) in [6, 6.07) is 10.1. The summed E-state index contributed by atoms with van der Waals surface area (Å²) in [6.07, 6.45) is 1.78.